The van der Waals surface area contributed by atoms with E-state index in [0.717, 1.165) is 17.8 Å². The monoisotopic (exact) mass is 263 g/mol. The lowest BCUT2D eigenvalue weighted by Gasteiger charge is -2.20. The topological polar surface area (TPSA) is 44.4 Å². The summed E-state index contributed by atoms with van der Waals surface area (Å²) in [6, 6.07) is 6.17. The van der Waals surface area contributed by atoms with E-state index >= 15 is 0 Å². The molecule has 0 heterocycles. The van der Waals surface area contributed by atoms with Crippen molar-refractivity contribution in [1.29, 1.82) is 0 Å². The third-order valence-corrected chi connectivity index (χ3v) is 3.23. The van der Waals surface area contributed by atoms with E-state index in [9.17, 15) is 4.79 Å². The van der Waals surface area contributed by atoms with E-state index in [2.05, 4.69) is 22.5 Å². The van der Waals surface area contributed by atoms with Crippen LogP contribution in [0, 0.1) is 6.92 Å². The average molecular weight is 263 g/mol. The number of amides is 1. The number of nitrogens with zero attached hydrogens (tertiary/aromatic N) is 1. The molecule has 2 N–H and O–H groups in total. The quantitative estimate of drug-likeness (QED) is 0.826. The first-order valence-corrected chi connectivity index (χ1v) is 6.74. The minimum absolute atomic E-state index is 0.0235. The van der Waals surface area contributed by atoms with E-state index < -0.39 is 0 Å². The van der Waals surface area contributed by atoms with Crippen molar-refractivity contribution in [1.82, 2.24) is 10.2 Å². The molecule has 0 saturated carbocycles. The molecule has 4 nitrogen and oxygen atoms in total. The predicted octanol–water partition coefficient (Wildman–Crippen LogP) is 2.11. The van der Waals surface area contributed by atoms with Gasteiger partial charge in [0.2, 0.25) is 0 Å². The van der Waals surface area contributed by atoms with E-state index in [1.54, 1.807) is 0 Å². The second kappa shape index (κ2) is 7.14. The molecule has 1 unspecified atom stereocenters. The Morgan fingerprint density at radius 3 is 2.63 bits per heavy atom. The maximum atomic E-state index is 12.2. The van der Waals surface area contributed by atoms with Crippen LogP contribution < -0.4 is 10.6 Å². The van der Waals surface area contributed by atoms with Crippen LogP contribution in [0.5, 0.6) is 0 Å². The number of anilines is 1. The second-order valence-electron chi connectivity index (χ2n) is 5.10. The van der Waals surface area contributed by atoms with Crippen LogP contribution in [0.25, 0.3) is 0 Å². The van der Waals surface area contributed by atoms with Gasteiger partial charge < -0.3 is 15.5 Å². The first-order valence-electron chi connectivity index (χ1n) is 6.74. The van der Waals surface area contributed by atoms with Crippen molar-refractivity contribution in [2.75, 3.05) is 32.5 Å². The standard InChI is InChI=1S/C15H25N3O/c1-6-16-14-9-11(2)7-8-13(14)15(19)17-10-12(3)18(4)5/h7-9,12,16H,6,10H2,1-5H3,(H,17,19). The highest BCUT2D eigenvalue weighted by Crippen LogP contribution is 2.17. The van der Waals surface area contributed by atoms with E-state index in [1.807, 2.05) is 46.1 Å². The molecule has 0 spiro atoms. The Labute approximate surface area is 116 Å². The van der Waals surface area contributed by atoms with E-state index in [0.29, 0.717) is 18.2 Å². The SMILES string of the molecule is CCNc1cc(C)ccc1C(=O)NCC(C)N(C)C. The number of benzene rings is 1. The van der Waals surface area contributed by atoms with Crippen molar-refractivity contribution >= 4 is 11.6 Å². The summed E-state index contributed by atoms with van der Waals surface area (Å²) in [6.07, 6.45) is 0. The van der Waals surface area contributed by atoms with Crippen molar-refractivity contribution < 1.29 is 4.79 Å². The highest BCUT2D eigenvalue weighted by Gasteiger charge is 2.12. The van der Waals surface area contributed by atoms with Crippen molar-refractivity contribution in [2.45, 2.75) is 26.8 Å². The molecule has 0 radical (unpaired) electrons. The van der Waals surface area contributed by atoms with Crippen molar-refractivity contribution in [3.8, 4) is 0 Å². The number of rotatable bonds is 6. The molecule has 0 aromatic heterocycles. The number of hydrogen-bond donors (Lipinski definition) is 2. The Balaban J connectivity index is 2.76. The van der Waals surface area contributed by atoms with Gasteiger partial charge in [0.25, 0.3) is 5.91 Å². The van der Waals surface area contributed by atoms with Gasteiger partial charge in [0.15, 0.2) is 0 Å². The number of hydrogen-bond acceptors (Lipinski definition) is 3. The molecule has 1 aromatic rings. The molecule has 0 bridgehead atoms. The zero-order valence-corrected chi connectivity index (χ0v) is 12.6. The maximum absolute atomic E-state index is 12.2. The van der Waals surface area contributed by atoms with Gasteiger partial charge in [-0.2, -0.15) is 0 Å². The number of carbonyl (C=O) groups is 1. The third-order valence-electron chi connectivity index (χ3n) is 3.23. The van der Waals surface area contributed by atoms with Gasteiger partial charge in [0.05, 0.1) is 5.56 Å². The first-order chi connectivity index (χ1) is 8.95. The van der Waals surface area contributed by atoms with Gasteiger partial charge in [0, 0.05) is 24.8 Å². The third kappa shape index (κ3) is 4.56. The van der Waals surface area contributed by atoms with Gasteiger partial charge >= 0.3 is 0 Å². The zero-order valence-electron chi connectivity index (χ0n) is 12.6. The Morgan fingerprint density at radius 2 is 2.05 bits per heavy atom. The summed E-state index contributed by atoms with van der Waals surface area (Å²) in [4.78, 5) is 14.3. The zero-order chi connectivity index (χ0) is 14.4. The molecule has 19 heavy (non-hydrogen) atoms. The van der Waals surface area contributed by atoms with Crippen molar-refractivity contribution in [2.24, 2.45) is 0 Å². The summed E-state index contributed by atoms with van der Waals surface area (Å²) in [5.41, 5.74) is 2.75. The average Bonchev–Trinajstić information content (AvgIpc) is 2.36. The van der Waals surface area contributed by atoms with Gasteiger partial charge in [-0.1, -0.05) is 6.07 Å². The van der Waals surface area contributed by atoms with Crippen LogP contribution in [0.1, 0.15) is 29.8 Å². The molecular weight excluding hydrogens is 238 g/mol. The highest BCUT2D eigenvalue weighted by molar-refractivity contribution is 5.99. The van der Waals surface area contributed by atoms with Gasteiger partial charge in [-0.25, -0.2) is 0 Å². The molecule has 0 aliphatic heterocycles. The van der Waals surface area contributed by atoms with Crippen LogP contribution in [-0.2, 0) is 0 Å². The minimum atomic E-state index is -0.0235. The molecule has 1 aromatic carbocycles. The van der Waals surface area contributed by atoms with Crippen LogP contribution >= 0.6 is 0 Å². The Morgan fingerprint density at radius 1 is 1.37 bits per heavy atom. The fourth-order valence-corrected chi connectivity index (χ4v) is 1.71. The van der Waals surface area contributed by atoms with E-state index in [1.165, 1.54) is 0 Å². The smallest absolute Gasteiger partial charge is 0.253 e. The molecular formula is C15H25N3O. The van der Waals surface area contributed by atoms with Crippen LogP contribution in [0.4, 0.5) is 5.69 Å². The van der Waals surface area contributed by atoms with Crippen LogP contribution in [0.2, 0.25) is 0 Å². The van der Waals surface area contributed by atoms with Gasteiger partial charge in [-0.05, 0) is 52.6 Å². The van der Waals surface area contributed by atoms with E-state index in [-0.39, 0.29) is 5.91 Å². The normalized spacial score (nSPS) is 12.3. The van der Waals surface area contributed by atoms with Gasteiger partial charge in [0.1, 0.15) is 0 Å². The Bertz CT molecular complexity index is 429. The molecule has 0 saturated heterocycles. The highest BCUT2D eigenvalue weighted by atomic mass is 16.1. The van der Waals surface area contributed by atoms with Crippen molar-refractivity contribution in [3.63, 3.8) is 0 Å². The summed E-state index contributed by atoms with van der Waals surface area (Å²) in [5.74, 6) is -0.0235. The molecule has 0 aliphatic rings. The fraction of sp³-hybridized carbons (Fsp3) is 0.533. The predicted molar refractivity (Wildman–Crippen MR) is 80.8 cm³/mol. The summed E-state index contributed by atoms with van der Waals surface area (Å²) in [5, 5.41) is 6.21. The maximum Gasteiger partial charge on any atom is 0.253 e. The number of aryl methyl sites for hydroxylation is 1. The first kappa shape index (κ1) is 15.5. The number of nitrogens with one attached hydrogen (secondary N) is 2. The molecule has 106 valence electrons. The summed E-state index contributed by atoms with van der Waals surface area (Å²) in [7, 11) is 4.01. The molecule has 4 heteroatoms. The van der Waals surface area contributed by atoms with Crippen LogP contribution in [0.15, 0.2) is 18.2 Å². The lowest BCUT2D eigenvalue weighted by molar-refractivity contribution is 0.0944. The molecule has 0 aliphatic carbocycles. The minimum Gasteiger partial charge on any atom is -0.385 e. The molecule has 0 fully saturated rings. The van der Waals surface area contributed by atoms with Crippen LogP contribution in [0.3, 0.4) is 0 Å². The van der Waals surface area contributed by atoms with Crippen molar-refractivity contribution in [3.05, 3.63) is 29.3 Å². The molecule has 1 amide bonds. The van der Waals surface area contributed by atoms with Gasteiger partial charge in [-0.3, -0.25) is 4.79 Å². The fourth-order valence-electron chi connectivity index (χ4n) is 1.71. The number of likely N-dealkylation sites (N-methyl/N-ethyl adjacent to an activating group) is 1. The van der Waals surface area contributed by atoms with Gasteiger partial charge in [-0.15, -0.1) is 0 Å². The summed E-state index contributed by atoms with van der Waals surface area (Å²) in [6.45, 7) is 7.58. The molecule has 1 atom stereocenters. The summed E-state index contributed by atoms with van der Waals surface area (Å²) >= 11 is 0. The second-order valence-corrected chi connectivity index (χ2v) is 5.10. The Hall–Kier alpha value is -1.55. The van der Waals surface area contributed by atoms with E-state index in [4.69, 9.17) is 0 Å². The largest absolute Gasteiger partial charge is 0.385 e. The Kier molecular flexibility index (Phi) is 5.83. The lowest BCUT2D eigenvalue weighted by Crippen LogP contribution is -2.38. The van der Waals surface area contributed by atoms with Crippen LogP contribution in [-0.4, -0.2) is 44.0 Å². The summed E-state index contributed by atoms with van der Waals surface area (Å²) < 4.78 is 0. The lowest BCUT2D eigenvalue weighted by atomic mass is 10.1. The number of carbonyl (C=O) groups excluding carboxylic acids is 1. The molecule has 1 rings (SSSR count).